The molecule has 1 saturated heterocycles. The van der Waals surface area contributed by atoms with E-state index in [1.165, 1.54) is 0 Å². The number of rotatable bonds is 6. The smallest absolute Gasteiger partial charge is 0.407 e. The van der Waals surface area contributed by atoms with Crippen molar-refractivity contribution in [1.82, 2.24) is 24.8 Å². The van der Waals surface area contributed by atoms with Gasteiger partial charge in [0.15, 0.2) is 0 Å². The Morgan fingerprint density at radius 3 is 2.52 bits per heavy atom. The topological polar surface area (TPSA) is 101 Å². The molecular formula is C31H42N6O3. The molecule has 1 aliphatic rings. The van der Waals surface area contributed by atoms with E-state index in [2.05, 4.69) is 52.3 Å². The summed E-state index contributed by atoms with van der Waals surface area (Å²) in [6.07, 6.45) is 6.92. The van der Waals surface area contributed by atoms with Gasteiger partial charge in [-0.1, -0.05) is 20.8 Å². The van der Waals surface area contributed by atoms with Crippen LogP contribution in [0.5, 0.6) is 0 Å². The van der Waals surface area contributed by atoms with Gasteiger partial charge in [-0.15, -0.1) is 0 Å². The maximum absolute atomic E-state index is 13.2. The maximum Gasteiger partial charge on any atom is 0.407 e. The third kappa shape index (κ3) is 8.14. The SMILES string of the molecule is Cc1cn(-c2cc(CN3CCC[C@H](NC(=O)OC(C)(C)C)C3)cc(NC(=O)c3cc(C(C)(C)C)ccn3)c2)cn1. The Balaban J connectivity index is 1.53. The van der Waals surface area contributed by atoms with E-state index in [1.807, 2.05) is 62.7 Å². The second-order valence-electron chi connectivity index (χ2n) is 12.7. The van der Waals surface area contributed by atoms with Crippen LogP contribution < -0.4 is 10.6 Å². The number of carbonyl (C=O) groups excluding carboxylic acids is 2. The minimum atomic E-state index is -0.533. The zero-order valence-corrected chi connectivity index (χ0v) is 24.7. The van der Waals surface area contributed by atoms with Crippen LogP contribution in [0.4, 0.5) is 10.5 Å². The van der Waals surface area contributed by atoms with Crippen molar-refractivity contribution in [2.75, 3.05) is 18.4 Å². The largest absolute Gasteiger partial charge is 0.444 e. The first-order valence-corrected chi connectivity index (χ1v) is 13.9. The molecule has 9 heteroatoms. The molecule has 4 rings (SSSR count). The van der Waals surface area contributed by atoms with Crippen LogP contribution in [0.25, 0.3) is 5.69 Å². The summed E-state index contributed by atoms with van der Waals surface area (Å²) >= 11 is 0. The van der Waals surface area contributed by atoms with E-state index in [9.17, 15) is 9.59 Å². The van der Waals surface area contributed by atoms with E-state index in [0.717, 1.165) is 48.4 Å². The highest BCUT2D eigenvalue weighted by atomic mass is 16.6. The van der Waals surface area contributed by atoms with Gasteiger partial charge >= 0.3 is 6.09 Å². The third-order valence-corrected chi connectivity index (χ3v) is 6.74. The summed E-state index contributed by atoms with van der Waals surface area (Å²) in [4.78, 5) is 36.6. The zero-order valence-electron chi connectivity index (χ0n) is 24.7. The van der Waals surface area contributed by atoms with E-state index >= 15 is 0 Å². The molecule has 0 saturated carbocycles. The van der Waals surface area contributed by atoms with Gasteiger partial charge in [0.05, 0.1) is 12.0 Å². The standard InChI is InChI=1S/C31H42N6O3/c1-21-17-37(20-33-21)26-14-22(18-36-12-8-9-24(19-36)35-29(39)40-31(5,6)7)13-25(16-26)34-28(38)27-15-23(10-11-32-27)30(2,3)4/h10-11,13-17,20,24H,8-9,12,18-19H2,1-7H3,(H,34,38)(H,35,39)/t24-/m0/s1. The van der Waals surface area contributed by atoms with Crippen LogP contribution >= 0.6 is 0 Å². The highest BCUT2D eigenvalue weighted by Gasteiger charge is 2.25. The van der Waals surface area contributed by atoms with Crippen molar-refractivity contribution in [3.63, 3.8) is 0 Å². The molecule has 1 atom stereocenters. The number of aryl methyl sites for hydroxylation is 1. The third-order valence-electron chi connectivity index (χ3n) is 6.74. The minimum absolute atomic E-state index is 0.0171. The Bertz CT molecular complexity index is 1350. The van der Waals surface area contributed by atoms with Gasteiger partial charge in [0.1, 0.15) is 11.3 Å². The van der Waals surface area contributed by atoms with Gasteiger partial charge in [-0.05, 0) is 94.0 Å². The van der Waals surface area contributed by atoms with Crippen LogP contribution in [0, 0.1) is 6.92 Å². The number of alkyl carbamates (subject to hydrolysis) is 1. The summed E-state index contributed by atoms with van der Waals surface area (Å²) in [5.74, 6) is -0.254. The van der Waals surface area contributed by atoms with Crippen molar-refractivity contribution >= 4 is 17.7 Å². The lowest BCUT2D eigenvalue weighted by molar-refractivity contribution is 0.0470. The normalized spacial score (nSPS) is 16.4. The number of aromatic nitrogens is 3. The fraction of sp³-hybridized carbons (Fsp3) is 0.484. The number of likely N-dealkylation sites (tertiary alicyclic amines) is 1. The van der Waals surface area contributed by atoms with Crippen LogP contribution in [0.1, 0.15) is 81.7 Å². The Kier molecular flexibility index (Phi) is 8.63. The van der Waals surface area contributed by atoms with Crippen LogP contribution in [-0.4, -0.2) is 56.2 Å². The fourth-order valence-electron chi connectivity index (χ4n) is 4.81. The monoisotopic (exact) mass is 546 g/mol. The zero-order chi connectivity index (χ0) is 29.1. The van der Waals surface area contributed by atoms with Crippen molar-refractivity contribution in [3.05, 3.63) is 71.6 Å². The molecular weight excluding hydrogens is 504 g/mol. The molecule has 9 nitrogen and oxygen atoms in total. The molecule has 0 radical (unpaired) electrons. The average molecular weight is 547 g/mol. The molecule has 2 N–H and O–H groups in total. The molecule has 40 heavy (non-hydrogen) atoms. The molecule has 0 spiro atoms. The quantitative estimate of drug-likeness (QED) is 0.417. The number of pyridine rings is 1. The molecule has 214 valence electrons. The van der Waals surface area contributed by atoms with Gasteiger partial charge < -0.3 is 19.9 Å². The van der Waals surface area contributed by atoms with Gasteiger partial charge in [-0.2, -0.15) is 0 Å². The summed E-state index contributed by atoms with van der Waals surface area (Å²) < 4.78 is 7.41. The molecule has 0 aliphatic carbocycles. The van der Waals surface area contributed by atoms with E-state index in [-0.39, 0.29) is 23.5 Å². The predicted molar refractivity (Wildman–Crippen MR) is 157 cm³/mol. The second-order valence-corrected chi connectivity index (χ2v) is 12.7. The number of benzene rings is 1. The first kappa shape index (κ1) is 29.3. The number of imidazole rings is 1. The van der Waals surface area contributed by atoms with Crippen molar-refractivity contribution in [1.29, 1.82) is 0 Å². The summed E-state index contributed by atoms with van der Waals surface area (Å²) in [5, 5.41) is 6.08. The Morgan fingerprint density at radius 2 is 1.85 bits per heavy atom. The van der Waals surface area contributed by atoms with E-state index in [1.54, 1.807) is 12.5 Å². The molecule has 3 aromatic rings. The maximum atomic E-state index is 13.2. The molecule has 1 fully saturated rings. The van der Waals surface area contributed by atoms with Crippen molar-refractivity contribution in [2.24, 2.45) is 0 Å². The first-order chi connectivity index (χ1) is 18.7. The number of amides is 2. The van der Waals surface area contributed by atoms with Crippen LogP contribution in [-0.2, 0) is 16.7 Å². The number of piperidine rings is 1. The van der Waals surface area contributed by atoms with Gasteiger partial charge in [-0.3, -0.25) is 14.7 Å². The van der Waals surface area contributed by atoms with Crippen LogP contribution in [0.3, 0.4) is 0 Å². The van der Waals surface area contributed by atoms with E-state index in [4.69, 9.17) is 4.74 Å². The summed E-state index contributed by atoms with van der Waals surface area (Å²) in [6.45, 7) is 16.2. The van der Waals surface area contributed by atoms with Crippen molar-refractivity contribution in [2.45, 2.75) is 84.9 Å². The van der Waals surface area contributed by atoms with Crippen molar-refractivity contribution < 1.29 is 14.3 Å². The van der Waals surface area contributed by atoms with Crippen LogP contribution in [0.2, 0.25) is 0 Å². The number of anilines is 1. The second kappa shape index (κ2) is 11.8. The molecule has 3 heterocycles. The molecule has 0 unspecified atom stereocenters. The number of hydrogen-bond donors (Lipinski definition) is 2. The fourth-order valence-corrected chi connectivity index (χ4v) is 4.81. The number of nitrogens with zero attached hydrogens (tertiary/aromatic N) is 4. The van der Waals surface area contributed by atoms with Gasteiger partial charge in [0, 0.05) is 42.9 Å². The Labute approximate surface area is 237 Å². The first-order valence-electron chi connectivity index (χ1n) is 13.9. The Hall–Kier alpha value is -3.72. The average Bonchev–Trinajstić information content (AvgIpc) is 3.29. The minimum Gasteiger partial charge on any atom is -0.444 e. The lowest BCUT2D eigenvalue weighted by Crippen LogP contribution is -2.48. The highest BCUT2D eigenvalue weighted by Crippen LogP contribution is 2.24. The molecule has 2 amide bonds. The van der Waals surface area contributed by atoms with Gasteiger partial charge in [0.25, 0.3) is 5.91 Å². The highest BCUT2D eigenvalue weighted by molar-refractivity contribution is 6.03. The number of ether oxygens (including phenoxy) is 1. The number of nitrogens with one attached hydrogen (secondary N) is 2. The summed E-state index contributed by atoms with van der Waals surface area (Å²) in [7, 11) is 0. The van der Waals surface area contributed by atoms with Crippen molar-refractivity contribution in [3.8, 4) is 5.69 Å². The van der Waals surface area contributed by atoms with Crippen LogP contribution in [0.15, 0.2) is 49.1 Å². The molecule has 1 aliphatic heterocycles. The Morgan fingerprint density at radius 1 is 1.07 bits per heavy atom. The predicted octanol–water partition coefficient (Wildman–Crippen LogP) is 5.61. The lowest BCUT2D eigenvalue weighted by Gasteiger charge is -2.33. The lowest BCUT2D eigenvalue weighted by atomic mass is 9.87. The number of hydrogen-bond acceptors (Lipinski definition) is 6. The summed E-state index contributed by atoms with van der Waals surface area (Å²) in [5.41, 5.74) is 4.36. The van der Waals surface area contributed by atoms with Gasteiger partial charge in [0.2, 0.25) is 0 Å². The van der Waals surface area contributed by atoms with E-state index < -0.39 is 5.60 Å². The molecule has 0 bridgehead atoms. The number of carbonyl (C=O) groups is 2. The molecule has 2 aromatic heterocycles. The summed E-state index contributed by atoms with van der Waals surface area (Å²) in [6, 6.07) is 9.87. The van der Waals surface area contributed by atoms with Gasteiger partial charge in [-0.25, -0.2) is 9.78 Å². The van der Waals surface area contributed by atoms with E-state index in [0.29, 0.717) is 17.9 Å². The molecule has 1 aromatic carbocycles.